The summed E-state index contributed by atoms with van der Waals surface area (Å²) >= 11 is 0. The molecule has 0 spiro atoms. The van der Waals surface area contributed by atoms with Crippen molar-refractivity contribution in [2.24, 2.45) is 10.7 Å². The van der Waals surface area contributed by atoms with E-state index in [1.807, 2.05) is 24.3 Å². The zero-order valence-corrected chi connectivity index (χ0v) is 11.4. The van der Waals surface area contributed by atoms with E-state index in [4.69, 9.17) is 10.5 Å². The van der Waals surface area contributed by atoms with Crippen molar-refractivity contribution in [3.8, 4) is 5.75 Å². The molecule has 0 aromatic heterocycles. The van der Waals surface area contributed by atoms with Crippen LogP contribution in [0.1, 0.15) is 25.7 Å². The van der Waals surface area contributed by atoms with E-state index in [0.29, 0.717) is 12.5 Å². The first-order valence-corrected chi connectivity index (χ1v) is 6.67. The summed E-state index contributed by atoms with van der Waals surface area (Å²) < 4.78 is 5.16. The quantitative estimate of drug-likeness (QED) is 0.496. The summed E-state index contributed by atoms with van der Waals surface area (Å²) in [7, 11) is 1.64. The van der Waals surface area contributed by atoms with Gasteiger partial charge in [-0.25, -0.2) is 4.99 Å². The maximum absolute atomic E-state index is 5.89. The normalized spacial score (nSPS) is 15.8. The van der Waals surface area contributed by atoms with Crippen molar-refractivity contribution in [3.63, 3.8) is 0 Å². The van der Waals surface area contributed by atoms with Gasteiger partial charge in [0.15, 0.2) is 5.96 Å². The predicted octanol–water partition coefficient (Wildman–Crippen LogP) is 2.92. The van der Waals surface area contributed by atoms with Gasteiger partial charge in [-0.3, -0.25) is 0 Å². The Kier molecular flexibility index (Phi) is 4.84. The molecule has 0 saturated heterocycles. The number of allylic oxidation sites excluding steroid dienone is 1. The lowest BCUT2D eigenvalue weighted by Crippen LogP contribution is -2.23. The second-order valence-corrected chi connectivity index (χ2v) is 4.67. The molecular weight excluding hydrogens is 238 g/mol. The molecule has 0 atom stereocenters. The van der Waals surface area contributed by atoms with Crippen LogP contribution < -0.4 is 15.8 Å². The molecule has 2 rings (SSSR count). The second-order valence-electron chi connectivity index (χ2n) is 4.67. The van der Waals surface area contributed by atoms with E-state index >= 15 is 0 Å². The van der Waals surface area contributed by atoms with E-state index in [2.05, 4.69) is 16.4 Å². The third-order valence-corrected chi connectivity index (χ3v) is 3.18. The first-order chi connectivity index (χ1) is 9.28. The molecular formula is C15H21N3O. The average Bonchev–Trinajstić information content (AvgIpc) is 2.46. The first-order valence-electron chi connectivity index (χ1n) is 6.67. The molecule has 0 aliphatic heterocycles. The fourth-order valence-corrected chi connectivity index (χ4v) is 2.12. The monoisotopic (exact) mass is 259 g/mol. The minimum absolute atomic E-state index is 0.444. The lowest BCUT2D eigenvalue weighted by molar-refractivity contribution is 0.415. The van der Waals surface area contributed by atoms with E-state index in [0.717, 1.165) is 17.9 Å². The van der Waals surface area contributed by atoms with Gasteiger partial charge in [0.2, 0.25) is 0 Å². The zero-order chi connectivity index (χ0) is 13.5. The van der Waals surface area contributed by atoms with Crippen molar-refractivity contribution in [2.75, 3.05) is 19.0 Å². The van der Waals surface area contributed by atoms with Crippen molar-refractivity contribution in [3.05, 3.63) is 35.9 Å². The zero-order valence-electron chi connectivity index (χ0n) is 11.4. The average molecular weight is 259 g/mol. The van der Waals surface area contributed by atoms with Gasteiger partial charge in [-0.1, -0.05) is 17.7 Å². The van der Waals surface area contributed by atoms with Crippen LogP contribution in [0.2, 0.25) is 0 Å². The number of hydrogen-bond donors (Lipinski definition) is 2. The number of ether oxygens (including phenoxy) is 1. The Labute approximate surface area is 114 Å². The maximum Gasteiger partial charge on any atom is 0.193 e. The summed E-state index contributed by atoms with van der Waals surface area (Å²) in [6, 6.07) is 7.64. The molecule has 0 unspecified atom stereocenters. The number of aliphatic imine (C=N–C) groups is 1. The molecule has 1 aromatic carbocycles. The molecule has 1 aliphatic rings. The standard InChI is InChI=1S/C15H21N3O/c1-19-14-9-5-8-13(10-14)18-15(16)17-11-12-6-3-2-4-7-12/h5-6,8-10H,2-4,7,11H2,1H3,(H3,16,17,18). The van der Waals surface area contributed by atoms with Gasteiger partial charge < -0.3 is 15.8 Å². The van der Waals surface area contributed by atoms with Crippen LogP contribution in [0.4, 0.5) is 5.69 Å². The Morgan fingerprint density at radius 1 is 1.42 bits per heavy atom. The Hall–Kier alpha value is -1.97. The highest BCUT2D eigenvalue weighted by atomic mass is 16.5. The molecule has 0 saturated carbocycles. The second kappa shape index (κ2) is 6.83. The summed E-state index contributed by atoms with van der Waals surface area (Å²) in [4.78, 5) is 4.37. The van der Waals surface area contributed by atoms with E-state index < -0.39 is 0 Å². The first kappa shape index (κ1) is 13.5. The van der Waals surface area contributed by atoms with Crippen LogP contribution in [0.25, 0.3) is 0 Å². The van der Waals surface area contributed by atoms with Crippen LogP contribution in [0.5, 0.6) is 5.75 Å². The van der Waals surface area contributed by atoms with Gasteiger partial charge >= 0.3 is 0 Å². The highest BCUT2D eigenvalue weighted by molar-refractivity contribution is 5.92. The summed E-state index contributed by atoms with van der Waals surface area (Å²) in [6.07, 6.45) is 7.17. The molecule has 4 heteroatoms. The smallest absolute Gasteiger partial charge is 0.193 e. The van der Waals surface area contributed by atoms with Gasteiger partial charge in [-0.15, -0.1) is 0 Å². The van der Waals surface area contributed by atoms with Crippen molar-refractivity contribution >= 4 is 11.6 Å². The van der Waals surface area contributed by atoms with Crippen LogP contribution in [0, 0.1) is 0 Å². The summed E-state index contributed by atoms with van der Waals surface area (Å²) in [5.41, 5.74) is 8.16. The molecule has 1 aliphatic carbocycles. The van der Waals surface area contributed by atoms with E-state index in [-0.39, 0.29) is 0 Å². The van der Waals surface area contributed by atoms with Crippen molar-refractivity contribution < 1.29 is 4.74 Å². The number of rotatable bonds is 4. The van der Waals surface area contributed by atoms with Gasteiger partial charge in [0.1, 0.15) is 5.75 Å². The number of nitrogens with two attached hydrogens (primary N) is 1. The van der Waals surface area contributed by atoms with Crippen LogP contribution in [0.15, 0.2) is 40.9 Å². The number of hydrogen-bond acceptors (Lipinski definition) is 2. The Bertz CT molecular complexity index is 480. The molecule has 1 aromatic rings. The number of guanidine groups is 1. The predicted molar refractivity (Wildman–Crippen MR) is 79.7 cm³/mol. The minimum atomic E-state index is 0.444. The minimum Gasteiger partial charge on any atom is -0.497 e. The molecule has 0 radical (unpaired) electrons. The lowest BCUT2D eigenvalue weighted by Gasteiger charge is -2.11. The Morgan fingerprint density at radius 3 is 3.05 bits per heavy atom. The molecule has 0 fully saturated rings. The largest absolute Gasteiger partial charge is 0.497 e. The maximum atomic E-state index is 5.89. The molecule has 4 nitrogen and oxygen atoms in total. The molecule has 3 N–H and O–H groups in total. The summed E-state index contributed by atoms with van der Waals surface area (Å²) in [5.74, 6) is 1.24. The number of anilines is 1. The van der Waals surface area contributed by atoms with Crippen LogP contribution in [-0.4, -0.2) is 19.6 Å². The summed E-state index contributed by atoms with van der Waals surface area (Å²) in [6.45, 7) is 0.697. The third kappa shape index (κ3) is 4.32. The van der Waals surface area contributed by atoms with Crippen molar-refractivity contribution in [2.45, 2.75) is 25.7 Å². The highest BCUT2D eigenvalue weighted by Crippen LogP contribution is 2.18. The Balaban J connectivity index is 1.92. The number of nitrogens with one attached hydrogen (secondary N) is 1. The molecule has 0 heterocycles. The third-order valence-electron chi connectivity index (χ3n) is 3.18. The van der Waals surface area contributed by atoms with Gasteiger partial charge in [-0.2, -0.15) is 0 Å². The van der Waals surface area contributed by atoms with Crippen LogP contribution in [-0.2, 0) is 0 Å². The van der Waals surface area contributed by atoms with Gasteiger partial charge in [-0.05, 0) is 37.8 Å². The number of benzene rings is 1. The van der Waals surface area contributed by atoms with Crippen LogP contribution >= 0.6 is 0 Å². The molecule has 0 bridgehead atoms. The van der Waals surface area contributed by atoms with E-state index in [1.165, 1.54) is 24.8 Å². The summed E-state index contributed by atoms with van der Waals surface area (Å²) in [5, 5.41) is 3.08. The van der Waals surface area contributed by atoms with Crippen LogP contribution in [0.3, 0.4) is 0 Å². The fourth-order valence-electron chi connectivity index (χ4n) is 2.12. The topological polar surface area (TPSA) is 59.6 Å². The SMILES string of the molecule is COc1cccc(NC(N)=NCC2=CCCCC2)c1. The van der Waals surface area contributed by atoms with E-state index in [1.54, 1.807) is 7.11 Å². The van der Waals surface area contributed by atoms with Gasteiger partial charge in [0, 0.05) is 11.8 Å². The molecule has 19 heavy (non-hydrogen) atoms. The number of nitrogens with zero attached hydrogens (tertiary/aromatic N) is 1. The lowest BCUT2D eigenvalue weighted by atomic mass is 10.00. The molecule has 102 valence electrons. The fraction of sp³-hybridized carbons (Fsp3) is 0.400. The Morgan fingerprint density at radius 2 is 2.32 bits per heavy atom. The van der Waals surface area contributed by atoms with E-state index in [9.17, 15) is 0 Å². The van der Waals surface area contributed by atoms with Gasteiger partial charge in [0.25, 0.3) is 0 Å². The highest BCUT2D eigenvalue weighted by Gasteiger charge is 2.03. The van der Waals surface area contributed by atoms with Crippen molar-refractivity contribution in [1.29, 1.82) is 0 Å². The molecule has 0 amide bonds. The van der Waals surface area contributed by atoms with Gasteiger partial charge in [0.05, 0.1) is 13.7 Å². The van der Waals surface area contributed by atoms with Crippen molar-refractivity contribution in [1.82, 2.24) is 0 Å². The number of methoxy groups -OCH3 is 1.